The second-order valence-electron chi connectivity index (χ2n) is 4.31. The van der Waals surface area contributed by atoms with Crippen LogP contribution in [0.25, 0.3) is 11.0 Å². The zero-order valence-corrected chi connectivity index (χ0v) is 12.1. The van der Waals surface area contributed by atoms with Crippen LogP contribution < -0.4 is 11.1 Å². The van der Waals surface area contributed by atoms with Gasteiger partial charge < -0.3 is 15.5 Å². The van der Waals surface area contributed by atoms with Gasteiger partial charge in [-0.3, -0.25) is 9.59 Å². The Morgan fingerprint density at radius 3 is 2.76 bits per heavy atom. The lowest BCUT2D eigenvalue weighted by atomic mass is 10.2. The lowest BCUT2D eigenvalue weighted by Gasteiger charge is -1.97. The van der Waals surface area contributed by atoms with Gasteiger partial charge in [-0.05, 0) is 30.3 Å². The molecule has 2 amide bonds. The molecule has 2 aromatic heterocycles. The van der Waals surface area contributed by atoms with Gasteiger partial charge in [-0.15, -0.1) is 11.3 Å². The van der Waals surface area contributed by atoms with Crippen molar-refractivity contribution in [3.8, 4) is 0 Å². The van der Waals surface area contributed by atoms with Gasteiger partial charge in [0.25, 0.3) is 5.91 Å². The normalized spacial score (nSPS) is 10.7. The van der Waals surface area contributed by atoms with E-state index in [2.05, 4.69) is 5.32 Å². The van der Waals surface area contributed by atoms with Crippen molar-refractivity contribution < 1.29 is 14.0 Å². The molecule has 0 aliphatic heterocycles. The molecule has 0 spiro atoms. The maximum Gasteiger partial charge on any atom is 0.292 e. The predicted octanol–water partition coefficient (Wildman–Crippen LogP) is 3.50. The molecule has 7 heteroatoms. The minimum Gasteiger partial charge on any atom is -0.451 e. The van der Waals surface area contributed by atoms with Gasteiger partial charge in [-0.25, -0.2) is 0 Å². The summed E-state index contributed by atoms with van der Waals surface area (Å²) in [5, 5.41) is 6.07. The minimum atomic E-state index is -0.537. The monoisotopic (exact) mass is 320 g/mol. The smallest absolute Gasteiger partial charge is 0.292 e. The Morgan fingerprint density at radius 1 is 1.24 bits per heavy atom. The number of nitrogens with one attached hydrogen (secondary N) is 1. The molecule has 3 aromatic rings. The van der Waals surface area contributed by atoms with Gasteiger partial charge in [0, 0.05) is 15.8 Å². The highest BCUT2D eigenvalue weighted by Gasteiger charge is 2.14. The summed E-state index contributed by atoms with van der Waals surface area (Å²) in [5.41, 5.74) is 6.09. The molecule has 0 saturated heterocycles. The van der Waals surface area contributed by atoms with Crippen LogP contribution in [-0.4, -0.2) is 11.8 Å². The number of thiophene rings is 1. The third-order valence-corrected chi connectivity index (χ3v) is 3.90. The van der Waals surface area contributed by atoms with Gasteiger partial charge in [0.15, 0.2) is 5.76 Å². The Hall–Kier alpha value is -2.31. The molecule has 0 radical (unpaired) electrons. The number of fused-ring (bicyclic) bond motifs is 1. The third-order valence-electron chi connectivity index (χ3n) is 2.82. The topological polar surface area (TPSA) is 85.3 Å². The Labute approximate surface area is 128 Å². The quantitative estimate of drug-likeness (QED) is 0.774. The van der Waals surface area contributed by atoms with Crippen molar-refractivity contribution in [2.24, 2.45) is 5.73 Å². The van der Waals surface area contributed by atoms with Crippen molar-refractivity contribution in [1.29, 1.82) is 0 Å². The molecule has 0 aliphatic carbocycles. The fraction of sp³-hybridized carbons (Fsp3) is 0. The van der Waals surface area contributed by atoms with Gasteiger partial charge >= 0.3 is 0 Å². The van der Waals surface area contributed by atoms with Crippen molar-refractivity contribution in [2.45, 2.75) is 0 Å². The first-order valence-corrected chi connectivity index (χ1v) is 7.17. The molecule has 5 nitrogen and oxygen atoms in total. The van der Waals surface area contributed by atoms with Crippen LogP contribution in [0.15, 0.2) is 40.1 Å². The standard InChI is InChI=1S/C14H9ClN2O3S/c15-9-1-2-10-7(3-9)4-11(20-10)14(19)17-12-5-8(6-21-12)13(16)18/h1-6H,(H2,16,18)(H,17,19). The Kier molecular flexibility index (Phi) is 3.40. The molecule has 3 rings (SSSR count). The summed E-state index contributed by atoms with van der Waals surface area (Å²) >= 11 is 7.10. The summed E-state index contributed by atoms with van der Waals surface area (Å²) in [6, 6.07) is 8.23. The number of anilines is 1. The van der Waals surface area contributed by atoms with Crippen LogP contribution in [-0.2, 0) is 0 Å². The SMILES string of the molecule is NC(=O)c1csc(NC(=O)c2cc3cc(Cl)ccc3o2)c1. The van der Waals surface area contributed by atoms with Crippen molar-refractivity contribution >= 4 is 50.7 Å². The van der Waals surface area contributed by atoms with Gasteiger partial charge in [-0.1, -0.05) is 11.6 Å². The van der Waals surface area contributed by atoms with E-state index in [0.717, 1.165) is 5.39 Å². The van der Waals surface area contributed by atoms with E-state index in [0.29, 0.717) is 21.2 Å². The number of benzene rings is 1. The maximum absolute atomic E-state index is 12.1. The fourth-order valence-electron chi connectivity index (χ4n) is 1.83. The molecule has 0 bridgehead atoms. The zero-order valence-electron chi connectivity index (χ0n) is 10.6. The highest BCUT2D eigenvalue weighted by atomic mass is 35.5. The summed E-state index contributed by atoms with van der Waals surface area (Å²) < 4.78 is 5.45. The van der Waals surface area contributed by atoms with Gasteiger partial charge in [-0.2, -0.15) is 0 Å². The molecule has 0 atom stereocenters. The fourth-order valence-corrected chi connectivity index (χ4v) is 2.80. The Bertz CT molecular complexity index is 853. The van der Waals surface area contributed by atoms with E-state index in [-0.39, 0.29) is 5.76 Å². The van der Waals surface area contributed by atoms with E-state index in [1.807, 2.05) is 0 Å². The molecule has 21 heavy (non-hydrogen) atoms. The Balaban J connectivity index is 1.84. The molecule has 0 aliphatic rings. The molecule has 0 unspecified atom stereocenters. The van der Waals surface area contributed by atoms with E-state index in [9.17, 15) is 9.59 Å². The molecule has 0 fully saturated rings. The molecular weight excluding hydrogens is 312 g/mol. The number of amides is 2. The first-order valence-electron chi connectivity index (χ1n) is 5.92. The number of hydrogen-bond donors (Lipinski definition) is 2. The molecular formula is C14H9ClN2O3S. The van der Waals surface area contributed by atoms with Crippen LogP contribution in [0.5, 0.6) is 0 Å². The lowest BCUT2D eigenvalue weighted by Crippen LogP contribution is -2.11. The van der Waals surface area contributed by atoms with E-state index in [1.54, 1.807) is 29.6 Å². The Morgan fingerprint density at radius 2 is 2.05 bits per heavy atom. The average molecular weight is 321 g/mol. The first kappa shape index (κ1) is 13.7. The van der Waals surface area contributed by atoms with Gasteiger partial charge in [0.05, 0.1) is 10.6 Å². The molecule has 3 N–H and O–H groups in total. The highest BCUT2D eigenvalue weighted by molar-refractivity contribution is 7.14. The highest BCUT2D eigenvalue weighted by Crippen LogP contribution is 2.25. The zero-order chi connectivity index (χ0) is 15.0. The molecule has 2 heterocycles. The predicted molar refractivity (Wildman–Crippen MR) is 82.0 cm³/mol. The van der Waals surface area contributed by atoms with E-state index < -0.39 is 11.8 Å². The van der Waals surface area contributed by atoms with Crippen LogP contribution in [0.1, 0.15) is 20.9 Å². The second kappa shape index (κ2) is 5.23. The largest absolute Gasteiger partial charge is 0.451 e. The second-order valence-corrected chi connectivity index (χ2v) is 5.66. The van der Waals surface area contributed by atoms with Crippen molar-refractivity contribution in [2.75, 3.05) is 5.32 Å². The van der Waals surface area contributed by atoms with Crippen LogP contribution in [0.3, 0.4) is 0 Å². The molecule has 0 saturated carbocycles. The van der Waals surface area contributed by atoms with E-state index >= 15 is 0 Å². The number of hydrogen-bond acceptors (Lipinski definition) is 4. The maximum atomic E-state index is 12.1. The average Bonchev–Trinajstić information content (AvgIpc) is 3.04. The van der Waals surface area contributed by atoms with Crippen molar-refractivity contribution in [3.05, 3.63) is 52.1 Å². The van der Waals surface area contributed by atoms with Gasteiger partial charge in [0.2, 0.25) is 5.91 Å². The summed E-state index contributed by atoms with van der Waals surface area (Å²) in [4.78, 5) is 23.1. The number of nitrogens with two attached hydrogens (primary N) is 1. The molecule has 1 aromatic carbocycles. The summed E-state index contributed by atoms with van der Waals surface area (Å²) in [6.07, 6.45) is 0. The molecule has 106 valence electrons. The number of carbonyl (C=O) groups is 2. The van der Waals surface area contributed by atoms with Crippen LogP contribution in [0, 0.1) is 0 Å². The summed E-state index contributed by atoms with van der Waals surface area (Å²) in [7, 11) is 0. The van der Waals surface area contributed by atoms with Crippen LogP contribution in [0.2, 0.25) is 5.02 Å². The van der Waals surface area contributed by atoms with Gasteiger partial charge in [0.1, 0.15) is 5.58 Å². The first-order chi connectivity index (χ1) is 10.0. The van der Waals surface area contributed by atoms with Crippen molar-refractivity contribution in [1.82, 2.24) is 0 Å². The number of primary amides is 1. The number of carbonyl (C=O) groups excluding carboxylic acids is 2. The van der Waals surface area contributed by atoms with E-state index in [4.69, 9.17) is 21.8 Å². The van der Waals surface area contributed by atoms with Crippen LogP contribution >= 0.6 is 22.9 Å². The number of halogens is 1. The van der Waals surface area contributed by atoms with Crippen LogP contribution in [0.4, 0.5) is 5.00 Å². The number of furan rings is 1. The van der Waals surface area contributed by atoms with Crippen molar-refractivity contribution in [3.63, 3.8) is 0 Å². The minimum absolute atomic E-state index is 0.168. The summed E-state index contributed by atoms with van der Waals surface area (Å²) in [5.74, 6) is -0.772. The lowest BCUT2D eigenvalue weighted by molar-refractivity contribution is 0.0990. The third kappa shape index (κ3) is 2.76. The number of rotatable bonds is 3. The summed E-state index contributed by atoms with van der Waals surface area (Å²) in [6.45, 7) is 0. The van der Waals surface area contributed by atoms with E-state index in [1.165, 1.54) is 17.4 Å².